The lowest BCUT2D eigenvalue weighted by molar-refractivity contribution is 0.0996. The highest BCUT2D eigenvalue weighted by atomic mass is 32.2. The quantitative estimate of drug-likeness (QED) is 0.652. The largest absolute Gasteiger partial charge is 0.495 e. The summed E-state index contributed by atoms with van der Waals surface area (Å²) in [4.78, 5) is 12.3. The van der Waals surface area contributed by atoms with Crippen molar-refractivity contribution in [1.82, 2.24) is 0 Å². The summed E-state index contributed by atoms with van der Waals surface area (Å²) in [5.74, 6) is -0.0651. The summed E-state index contributed by atoms with van der Waals surface area (Å²) in [6.07, 6.45) is 1.38. The Kier molecular flexibility index (Phi) is 5.70. The predicted molar refractivity (Wildman–Crippen MR) is 106 cm³/mol. The van der Waals surface area contributed by atoms with Gasteiger partial charge in [0.1, 0.15) is 5.75 Å². The number of benzene rings is 2. The van der Waals surface area contributed by atoms with Crippen molar-refractivity contribution in [3.63, 3.8) is 0 Å². The molecule has 1 heterocycles. The molecule has 0 aliphatic rings. The SMILES string of the molecule is CCN(c1ccccc1)S(=O)(=O)c1ccc(OC)c(NC(=O)c2ccco2)c1. The second-order valence-electron chi connectivity index (χ2n) is 5.80. The standard InChI is InChI=1S/C20H20N2O5S/c1-3-22(15-8-5-4-6-9-15)28(24,25)16-11-12-18(26-2)17(14-16)21-20(23)19-10-7-13-27-19/h4-14H,3H2,1-2H3,(H,21,23). The number of anilines is 2. The molecule has 0 saturated heterocycles. The van der Waals surface area contributed by atoms with Gasteiger partial charge in [-0.2, -0.15) is 0 Å². The molecule has 2 aromatic carbocycles. The van der Waals surface area contributed by atoms with Crippen molar-refractivity contribution >= 4 is 27.3 Å². The number of sulfonamides is 1. The van der Waals surface area contributed by atoms with Crippen molar-refractivity contribution in [3.8, 4) is 5.75 Å². The van der Waals surface area contributed by atoms with Crippen molar-refractivity contribution in [1.29, 1.82) is 0 Å². The van der Waals surface area contributed by atoms with Gasteiger partial charge in [-0.1, -0.05) is 18.2 Å². The maximum atomic E-state index is 13.2. The number of rotatable bonds is 7. The van der Waals surface area contributed by atoms with E-state index in [1.165, 1.54) is 41.9 Å². The summed E-state index contributed by atoms with van der Waals surface area (Å²) < 4.78 is 38.0. The van der Waals surface area contributed by atoms with Crippen LogP contribution in [-0.2, 0) is 10.0 Å². The zero-order chi connectivity index (χ0) is 20.1. The minimum Gasteiger partial charge on any atom is -0.495 e. The number of nitrogens with one attached hydrogen (secondary N) is 1. The summed E-state index contributed by atoms with van der Waals surface area (Å²) >= 11 is 0. The molecule has 0 unspecified atom stereocenters. The Labute approximate surface area is 163 Å². The third kappa shape index (κ3) is 3.86. The molecule has 0 atom stereocenters. The monoisotopic (exact) mass is 400 g/mol. The molecule has 0 bridgehead atoms. The Morgan fingerprint density at radius 3 is 2.46 bits per heavy atom. The Morgan fingerprint density at radius 1 is 1.11 bits per heavy atom. The molecule has 1 aromatic heterocycles. The highest BCUT2D eigenvalue weighted by Crippen LogP contribution is 2.31. The van der Waals surface area contributed by atoms with Crippen LogP contribution in [-0.4, -0.2) is 28.0 Å². The third-order valence-corrected chi connectivity index (χ3v) is 5.98. The van der Waals surface area contributed by atoms with E-state index in [9.17, 15) is 13.2 Å². The first-order chi connectivity index (χ1) is 13.5. The molecule has 0 aliphatic carbocycles. The summed E-state index contributed by atoms with van der Waals surface area (Å²) in [6.45, 7) is 2.01. The molecule has 0 saturated carbocycles. The first-order valence-corrected chi connectivity index (χ1v) is 10.0. The number of amides is 1. The van der Waals surface area contributed by atoms with Gasteiger partial charge in [-0.05, 0) is 49.4 Å². The second kappa shape index (κ2) is 8.18. The van der Waals surface area contributed by atoms with Crippen molar-refractivity contribution in [2.24, 2.45) is 0 Å². The fraction of sp³-hybridized carbons (Fsp3) is 0.150. The highest BCUT2D eigenvalue weighted by molar-refractivity contribution is 7.92. The lowest BCUT2D eigenvalue weighted by atomic mass is 10.3. The molecule has 0 fully saturated rings. The van der Waals surface area contributed by atoms with Gasteiger partial charge >= 0.3 is 0 Å². The van der Waals surface area contributed by atoms with Crippen LogP contribution in [0.25, 0.3) is 0 Å². The second-order valence-corrected chi connectivity index (χ2v) is 7.66. The van der Waals surface area contributed by atoms with Gasteiger partial charge in [0.05, 0.1) is 29.6 Å². The number of carbonyl (C=O) groups is 1. The van der Waals surface area contributed by atoms with Crippen LogP contribution in [0.2, 0.25) is 0 Å². The van der Waals surface area contributed by atoms with Gasteiger partial charge in [0, 0.05) is 6.54 Å². The summed E-state index contributed by atoms with van der Waals surface area (Å²) in [7, 11) is -2.40. The number of methoxy groups -OCH3 is 1. The van der Waals surface area contributed by atoms with Gasteiger partial charge in [-0.15, -0.1) is 0 Å². The van der Waals surface area contributed by atoms with E-state index in [1.54, 1.807) is 37.3 Å². The zero-order valence-corrected chi connectivity index (χ0v) is 16.3. The molecule has 0 aliphatic heterocycles. The van der Waals surface area contributed by atoms with E-state index in [0.717, 1.165) is 0 Å². The molecular weight excluding hydrogens is 380 g/mol. The van der Waals surface area contributed by atoms with Crippen LogP contribution in [0.5, 0.6) is 5.75 Å². The van der Waals surface area contributed by atoms with Gasteiger partial charge < -0.3 is 14.5 Å². The van der Waals surface area contributed by atoms with Crippen LogP contribution in [0.15, 0.2) is 76.2 Å². The minimum atomic E-state index is -3.84. The molecular formula is C20H20N2O5S. The van der Waals surface area contributed by atoms with Gasteiger partial charge in [-0.25, -0.2) is 8.42 Å². The number of hydrogen-bond donors (Lipinski definition) is 1. The van der Waals surface area contributed by atoms with E-state index in [-0.39, 0.29) is 22.9 Å². The molecule has 0 spiro atoms. The average Bonchev–Trinajstić information content (AvgIpc) is 3.24. The lowest BCUT2D eigenvalue weighted by Gasteiger charge is -2.23. The first kappa shape index (κ1) is 19.5. The number of carbonyl (C=O) groups excluding carboxylic acids is 1. The van der Waals surface area contributed by atoms with Gasteiger partial charge in [0.25, 0.3) is 15.9 Å². The summed E-state index contributed by atoms with van der Waals surface area (Å²) in [5, 5.41) is 2.63. The van der Waals surface area contributed by atoms with Crippen LogP contribution < -0.4 is 14.4 Å². The fourth-order valence-electron chi connectivity index (χ4n) is 2.75. The summed E-state index contributed by atoms with van der Waals surface area (Å²) in [5.41, 5.74) is 0.788. The van der Waals surface area contributed by atoms with Crippen LogP contribution in [0, 0.1) is 0 Å². The van der Waals surface area contributed by atoms with E-state index in [1.807, 2.05) is 6.07 Å². The van der Waals surface area contributed by atoms with Crippen molar-refractivity contribution in [2.75, 3.05) is 23.3 Å². The molecule has 146 valence electrons. The molecule has 1 N–H and O–H groups in total. The highest BCUT2D eigenvalue weighted by Gasteiger charge is 2.25. The number of furan rings is 1. The van der Waals surface area contributed by atoms with E-state index in [4.69, 9.17) is 9.15 Å². The molecule has 1 amide bonds. The number of nitrogens with zero attached hydrogens (tertiary/aromatic N) is 1. The Bertz CT molecular complexity index is 1050. The molecule has 3 aromatic rings. The van der Waals surface area contributed by atoms with E-state index in [2.05, 4.69) is 5.32 Å². The third-order valence-electron chi connectivity index (χ3n) is 4.08. The number of hydrogen-bond acceptors (Lipinski definition) is 5. The maximum Gasteiger partial charge on any atom is 0.291 e. The van der Waals surface area contributed by atoms with Crippen LogP contribution in [0.3, 0.4) is 0 Å². The fourth-order valence-corrected chi connectivity index (χ4v) is 4.25. The summed E-state index contributed by atoms with van der Waals surface area (Å²) in [6, 6.07) is 16.2. The average molecular weight is 400 g/mol. The van der Waals surface area contributed by atoms with Crippen LogP contribution in [0.4, 0.5) is 11.4 Å². The Balaban J connectivity index is 1.98. The van der Waals surface area contributed by atoms with E-state index >= 15 is 0 Å². The number of para-hydroxylation sites is 1. The van der Waals surface area contributed by atoms with Crippen molar-refractivity contribution in [3.05, 3.63) is 72.7 Å². The maximum absolute atomic E-state index is 13.2. The van der Waals surface area contributed by atoms with Gasteiger partial charge in [-0.3, -0.25) is 9.10 Å². The molecule has 8 heteroatoms. The number of ether oxygens (including phenoxy) is 1. The van der Waals surface area contributed by atoms with Gasteiger partial charge in [0.15, 0.2) is 5.76 Å². The lowest BCUT2D eigenvalue weighted by Crippen LogP contribution is -2.30. The predicted octanol–water partition coefficient (Wildman–Crippen LogP) is 3.76. The molecule has 3 rings (SSSR count). The smallest absolute Gasteiger partial charge is 0.291 e. The normalized spacial score (nSPS) is 11.1. The van der Waals surface area contributed by atoms with Crippen molar-refractivity contribution in [2.45, 2.75) is 11.8 Å². The molecule has 7 nitrogen and oxygen atoms in total. The van der Waals surface area contributed by atoms with E-state index < -0.39 is 15.9 Å². The van der Waals surface area contributed by atoms with Crippen molar-refractivity contribution < 1.29 is 22.4 Å². The Morgan fingerprint density at radius 2 is 1.86 bits per heavy atom. The first-order valence-electron chi connectivity index (χ1n) is 8.58. The molecule has 0 radical (unpaired) electrons. The van der Waals surface area contributed by atoms with Crippen LogP contribution >= 0.6 is 0 Å². The minimum absolute atomic E-state index is 0.0359. The Hall–Kier alpha value is -3.26. The topological polar surface area (TPSA) is 88.9 Å². The van der Waals surface area contributed by atoms with E-state index in [0.29, 0.717) is 11.4 Å². The zero-order valence-electron chi connectivity index (χ0n) is 15.5. The molecule has 28 heavy (non-hydrogen) atoms. The van der Waals surface area contributed by atoms with Gasteiger partial charge in [0.2, 0.25) is 0 Å². The van der Waals surface area contributed by atoms with Crippen LogP contribution in [0.1, 0.15) is 17.5 Å².